The summed E-state index contributed by atoms with van der Waals surface area (Å²) in [6.45, 7) is 1.68. The molecule has 1 N–H and O–H groups in total. The predicted octanol–water partition coefficient (Wildman–Crippen LogP) is 3.68. The molecule has 2 rings (SSSR count). The summed E-state index contributed by atoms with van der Waals surface area (Å²) in [6.07, 6.45) is 2.15. The molecule has 1 heterocycles. The van der Waals surface area contributed by atoms with Crippen molar-refractivity contribution < 1.29 is 4.74 Å². The highest BCUT2D eigenvalue weighted by Crippen LogP contribution is 2.34. The number of rotatable bonds is 3. The first kappa shape index (κ1) is 13.2. The highest BCUT2D eigenvalue weighted by Gasteiger charge is 2.25. The zero-order valence-electron chi connectivity index (χ0n) is 9.88. The maximum absolute atomic E-state index is 6.27. The fourth-order valence-electron chi connectivity index (χ4n) is 2.45. The van der Waals surface area contributed by atoms with E-state index >= 15 is 0 Å². The van der Waals surface area contributed by atoms with E-state index in [0.717, 1.165) is 36.6 Å². The molecule has 1 aromatic rings. The van der Waals surface area contributed by atoms with Crippen LogP contribution >= 0.6 is 23.2 Å². The quantitative estimate of drug-likeness (QED) is 0.907. The molecule has 0 saturated carbocycles. The summed E-state index contributed by atoms with van der Waals surface area (Å²) >= 11 is 12.2. The first-order chi connectivity index (χ1) is 8.22. The van der Waals surface area contributed by atoms with E-state index in [1.165, 1.54) is 0 Å². The molecule has 0 spiro atoms. The molecular formula is C13H17Cl2NO. The van der Waals surface area contributed by atoms with Gasteiger partial charge in [0.05, 0.1) is 0 Å². The van der Waals surface area contributed by atoms with Crippen LogP contribution in [0.4, 0.5) is 0 Å². The Balaban J connectivity index is 2.21. The van der Waals surface area contributed by atoms with Gasteiger partial charge in [0.15, 0.2) is 0 Å². The average Bonchev–Trinajstić information content (AvgIpc) is 2.34. The lowest BCUT2D eigenvalue weighted by atomic mass is 9.87. The molecule has 1 atom stereocenters. The summed E-state index contributed by atoms with van der Waals surface area (Å²) in [5.41, 5.74) is 1.13. The lowest BCUT2D eigenvalue weighted by Crippen LogP contribution is -2.30. The van der Waals surface area contributed by atoms with Crippen molar-refractivity contribution in [2.75, 3.05) is 20.3 Å². The van der Waals surface area contributed by atoms with Gasteiger partial charge in [0, 0.05) is 29.3 Å². The van der Waals surface area contributed by atoms with Crippen molar-refractivity contribution in [2.45, 2.75) is 18.9 Å². The van der Waals surface area contributed by atoms with Gasteiger partial charge in [-0.15, -0.1) is 0 Å². The van der Waals surface area contributed by atoms with E-state index in [1.54, 1.807) is 0 Å². The van der Waals surface area contributed by atoms with Crippen LogP contribution in [0, 0.1) is 5.92 Å². The molecule has 0 bridgehead atoms. The van der Waals surface area contributed by atoms with Crippen molar-refractivity contribution in [3.05, 3.63) is 33.8 Å². The molecule has 0 amide bonds. The lowest BCUT2D eigenvalue weighted by molar-refractivity contribution is 0.0546. The van der Waals surface area contributed by atoms with Gasteiger partial charge in [0.25, 0.3) is 0 Å². The molecule has 2 nitrogen and oxygen atoms in total. The number of halogens is 2. The molecule has 17 heavy (non-hydrogen) atoms. The minimum absolute atomic E-state index is 0.281. The van der Waals surface area contributed by atoms with E-state index in [-0.39, 0.29) is 6.04 Å². The van der Waals surface area contributed by atoms with E-state index in [4.69, 9.17) is 27.9 Å². The Hall–Kier alpha value is -0.280. The number of hydrogen-bond acceptors (Lipinski definition) is 2. The molecule has 1 unspecified atom stereocenters. The van der Waals surface area contributed by atoms with Gasteiger partial charge in [-0.05, 0) is 43.5 Å². The first-order valence-electron chi connectivity index (χ1n) is 5.92. The molecule has 1 fully saturated rings. The second-order valence-corrected chi connectivity index (χ2v) is 5.23. The van der Waals surface area contributed by atoms with E-state index in [0.29, 0.717) is 10.9 Å². The number of hydrogen-bond donors (Lipinski definition) is 1. The highest BCUT2D eigenvalue weighted by atomic mass is 35.5. The van der Waals surface area contributed by atoms with Gasteiger partial charge >= 0.3 is 0 Å². The smallest absolute Gasteiger partial charge is 0.0469 e. The van der Waals surface area contributed by atoms with Gasteiger partial charge in [-0.1, -0.05) is 29.3 Å². The average molecular weight is 274 g/mol. The number of ether oxygens (including phenoxy) is 1. The van der Waals surface area contributed by atoms with Crippen LogP contribution in [0.2, 0.25) is 10.0 Å². The molecule has 1 aliphatic heterocycles. The van der Waals surface area contributed by atoms with Crippen LogP contribution in [-0.4, -0.2) is 20.3 Å². The first-order valence-corrected chi connectivity index (χ1v) is 6.68. The van der Waals surface area contributed by atoms with Gasteiger partial charge in [0.1, 0.15) is 0 Å². The van der Waals surface area contributed by atoms with Crippen LogP contribution in [0.3, 0.4) is 0 Å². The van der Waals surface area contributed by atoms with E-state index in [2.05, 4.69) is 5.32 Å². The Morgan fingerprint density at radius 1 is 1.29 bits per heavy atom. The van der Waals surface area contributed by atoms with Crippen molar-refractivity contribution in [2.24, 2.45) is 5.92 Å². The molecule has 0 aliphatic carbocycles. The molecule has 1 aliphatic rings. The van der Waals surface area contributed by atoms with Crippen molar-refractivity contribution in [3.63, 3.8) is 0 Å². The molecule has 0 radical (unpaired) electrons. The third-order valence-electron chi connectivity index (χ3n) is 3.35. The predicted molar refractivity (Wildman–Crippen MR) is 71.8 cm³/mol. The Morgan fingerprint density at radius 3 is 2.59 bits per heavy atom. The largest absolute Gasteiger partial charge is 0.381 e. The minimum atomic E-state index is 0.281. The van der Waals surface area contributed by atoms with E-state index < -0.39 is 0 Å². The normalized spacial score (nSPS) is 19.2. The van der Waals surface area contributed by atoms with Gasteiger partial charge in [-0.3, -0.25) is 0 Å². The Kier molecular flexibility index (Phi) is 4.69. The van der Waals surface area contributed by atoms with Gasteiger partial charge in [0.2, 0.25) is 0 Å². The fraction of sp³-hybridized carbons (Fsp3) is 0.538. The lowest BCUT2D eigenvalue weighted by Gasteiger charge is -2.31. The van der Waals surface area contributed by atoms with E-state index in [9.17, 15) is 0 Å². The molecular weight excluding hydrogens is 257 g/mol. The van der Waals surface area contributed by atoms with Gasteiger partial charge < -0.3 is 10.1 Å². The molecule has 4 heteroatoms. The second-order valence-electron chi connectivity index (χ2n) is 4.38. The summed E-state index contributed by atoms with van der Waals surface area (Å²) in [6, 6.07) is 6.00. The highest BCUT2D eigenvalue weighted by molar-refractivity contribution is 6.35. The summed E-state index contributed by atoms with van der Waals surface area (Å²) < 4.78 is 5.40. The van der Waals surface area contributed by atoms with Crippen molar-refractivity contribution >= 4 is 23.2 Å². The third-order valence-corrected chi connectivity index (χ3v) is 3.91. The molecule has 1 saturated heterocycles. The van der Waals surface area contributed by atoms with E-state index in [1.807, 2.05) is 25.2 Å². The summed E-state index contributed by atoms with van der Waals surface area (Å²) in [7, 11) is 1.98. The van der Waals surface area contributed by atoms with Crippen molar-refractivity contribution in [1.29, 1.82) is 0 Å². The van der Waals surface area contributed by atoms with Crippen LogP contribution in [0.1, 0.15) is 24.4 Å². The Bertz CT molecular complexity index is 378. The standard InChI is InChI=1S/C13H17Cl2NO/c1-16-13(9-4-6-17-7-5-9)11-3-2-10(14)8-12(11)15/h2-3,8-9,13,16H,4-7H2,1H3. The van der Waals surface area contributed by atoms with Crippen molar-refractivity contribution in [1.82, 2.24) is 5.32 Å². The topological polar surface area (TPSA) is 21.3 Å². The van der Waals surface area contributed by atoms with Crippen LogP contribution in [0.15, 0.2) is 18.2 Å². The third kappa shape index (κ3) is 3.14. The fourth-order valence-corrected chi connectivity index (χ4v) is 2.97. The monoisotopic (exact) mass is 273 g/mol. The van der Waals surface area contributed by atoms with Crippen LogP contribution in [0.25, 0.3) is 0 Å². The zero-order chi connectivity index (χ0) is 12.3. The summed E-state index contributed by atoms with van der Waals surface area (Å²) in [5, 5.41) is 4.79. The SMILES string of the molecule is CNC(c1ccc(Cl)cc1Cl)C1CCOCC1. The van der Waals surface area contributed by atoms with Crippen molar-refractivity contribution in [3.8, 4) is 0 Å². The van der Waals surface area contributed by atoms with Gasteiger partial charge in [-0.2, -0.15) is 0 Å². The molecule has 94 valence electrons. The maximum Gasteiger partial charge on any atom is 0.0469 e. The zero-order valence-corrected chi connectivity index (χ0v) is 11.4. The van der Waals surface area contributed by atoms with Crippen LogP contribution in [0.5, 0.6) is 0 Å². The van der Waals surface area contributed by atoms with Gasteiger partial charge in [-0.25, -0.2) is 0 Å². The summed E-state index contributed by atoms with van der Waals surface area (Å²) in [5.74, 6) is 0.576. The second kappa shape index (κ2) is 6.05. The Morgan fingerprint density at radius 2 is 2.00 bits per heavy atom. The number of benzene rings is 1. The minimum Gasteiger partial charge on any atom is -0.381 e. The number of nitrogens with one attached hydrogen (secondary N) is 1. The van der Waals surface area contributed by atoms with Crippen LogP contribution in [-0.2, 0) is 4.74 Å². The molecule has 1 aromatic carbocycles. The summed E-state index contributed by atoms with van der Waals surface area (Å²) in [4.78, 5) is 0. The maximum atomic E-state index is 6.27. The Labute approximate surface area is 112 Å². The van der Waals surface area contributed by atoms with Crippen LogP contribution < -0.4 is 5.32 Å². The molecule has 0 aromatic heterocycles.